The Labute approximate surface area is 227 Å². The fourth-order valence-corrected chi connectivity index (χ4v) is 4.55. The van der Waals surface area contributed by atoms with E-state index in [0.29, 0.717) is 21.5 Å². The lowest BCUT2D eigenvalue weighted by Crippen LogP contribution is -2.16. The standard InChI is InChI=1S/C27H23BrClN3O5/c1-16-4-5-17(2)32(16)20-6-8-21(9-7-20)35-15-22-10-11-25(37-22)27(34)31-30-14-19-12-23(28)26(24(29)13-19)36-18(3)33/h4-14H,15H2,1-3H3,(H,31,34)/b30-14+. The maximum absolute atomic E-state index is 12.4. The van der Waals surface area contributed by atoms with Gasteiger partial charge in [-0.15, -0.1) is 0 Å². The predicted octanol–water partition coefficient (Wildman–Crippen LogP) is 6.37. The molecule has 0 unspecified atom stereocenters. The first-order valence-corrected chi connectivity index (χ1v) is 12.4. The van der Waals surface area contributed by atoms with E-state index in [9.17, 15) is 9.59 Å². The molecule has 2 heterocycles. The molecule has 190 valence electrons. The fourth-order valence-electron chi connectivity index (χ4n) is 3.61. The first-order chi connectivity index (χ1) is 17.7. The van der Waals surface area contributed by atoms with E-state index in [1.54, 1.807) is 24.3 Å². The molecule has 37 heavy (non-hydrogen) atoms. The number of benzene rings is 2. The Kier molecular flexibility index (Phi) is 8.15. The molecule has 0 fully saturated rings. The summed E-state index contributed by atoms with van der Waals surface area (Å²) in [6.07, 6.45) is 1.40. The van der Waals surface area contributed by atoms with Crippen LogP contribution < -0.4 is 14.9 Å². The molecule has 4 rings (SSSR count). The number of carbonyl (C=O) groups is 2. The molecule has 0 bridgehead atoms. The molecule has 0 aliphatic carbocycles. The first kappa shape index (κ1) is 26.2. The van der Waals surface area contributed by atoms with Gasteiger partial charge in [0.2, 0.25) is 0 Å². The van der Waals surface area contributed by atoms with Gasteiger partial charge in [-0.25, -0.2) is 5.43 Å². The van der Waals surface area contributed by atoms with Crippen molar-refractivity contribution in [1.29, 1.82) is 0 Å². The quantitative estimate of drug-likeness (QED) is 0.112. The van der Waals surface area contributed by atoms with Crippen molar-refractivity contribution in [3.8, 4) is 17.2 Å². The predicted molar refractivity (Wildman–Crippen MR) is 144 cm³/mol. The number of amides is 1. The number of nitrogens with one attached hydrogen (secondary N) is 1. The number of hydrogen-bond acceptors (Lipinski definition) is 6. The molecule has 0 radical (unpaired) electrons. The smallest absolute Gasteiger partial charge is 0.308 e. The number of aryl methyl sites for hydroxylation is 2. The van der Waals surface area contributed by atoms with Crippen LogP contribution in [0, 0.1) is 13.8 Å². The van der Waals surface area contributed by atoms with Crippen molar-refractivity contribution in [1.82, 2.24) is 9.99 Å². The van der Waals surface area contributed by atoms with Crippen LogP contribution in [0.5, 0.6) is 11.5 Å². The molecule has 4 aromatic rings. The summed E-state index contributed by atoms with van der Waals surface area (Å²) in [4.78, 5) is 23.6. The number of hydrazone groups is 1. The van der Waals surface area contributed by atoms with Gasteiger partial charge in [0.25, 0.3) is 0 Å². The first-order valence-electron chi connectivity index (χ1n) is 11.2. The van der Waals surface area contributed by atoms with Crippen molar-refractivity contribution in [2.45, 2.75) is 27.4 Å². The van der Waals surface area contributed by atoms with Gasteiger partial charge in [0.15, 0.2) is 11.5 Å². The highest BCUT2D eigenvalue weighted by molar-refractivity contribution is 9.10. The SMILES string of the molecule is CC(=O)Oc1c(Cl)cc(/C=N/NC(=O)c2ccc(COc3ccc(-n4c(C)ccc4C)cc3)o2)cc1Br. The number of furan rings is 1. The monoisotopic (exact) mass is 583 g/mol. The lowest BCUT2D eigenvalue weighted by Gasteiger charge is -2.10. The van der Waals surface area contributed by atoms with Crippen molar-refractivity contribution in [3.63, 3.8) is 0 Å². The summed E-state index contributed by atoms with van der Waals surface area (Å²) in [6.45, 7) is 5.57. The van der Waals surface area contributed by atoms with E-state index in [1.807, 2.05) is 24.3 Å². The summed E-state index contributed by atoms with van der Waals surface area (Å²) in [7, 11) is 0. The lowest BCUT2D eigenvalue weighted by atomic mass is 10.2. The molecule has 0 atom stereocenters. The van der Waals surface area contributed by atoms with Crippen LogP contribution in [0.1, 0.15) is 40.2 Å². The van der Waals surface area contributed by atoms with Crippen LogP contribution in [0.25, 0.3) is 5.69 Å². The summed E-state index contributed by atoms with van der Waals surface area (Å²) in [5.41, 5.74) is 6.35. The number of halogens is 2. The van der Waals surface area contributed by atoms with E-state index in [1.165, 1.54) is 13.1 Å². The van der Waals surface area contributed by atoms with Gasteiger partial charge in [0.05, 0.1) is 15.7 Å². The van der Waals surface area contributed by atoms with E-state index in [2.05, 4.69) is 57.0 Å². The summed E-state index contributed by atoms with van der Waals surface area (Å²) in [6, 6.07) is 18.3. The number of nitrogens with zero attached hydrogens (tertiary/aromatic N) is 2. The van der Waals surface area contributed by atoms with Crippen LogP contribution in [0.2, 0.25) is 5.02 Å². The second-order valence-electron chi connectivity index (χ2n) is 8.11. The topological polar surface area (TPSA) is 95.1 Å². The third kappa shape index (κ3) is 6.49. The van der Waals surface area contributed by atoms with Crippen molar-refractivity contribution in [3.05, 3.63) is 98.6 Å². The summed E-state index contributed by atoms with van der Waals surface area (Å²) < 4.78 is 19.1. The molecule has 0 saturated carbocycles. The Bertz CT molecular complexity index is 1430. The molecule has 2 aromatic carbocycles. The second kappa shape index (κ2) is 11.5. The van der Waals surface area contributed by atoms with Gasteiger partial charge in [-0.1, -0.05) is 11.6 Å². The van der Waals surface area contributed by atoms with Crippen molar-refractivity contribution in [2.24, 2.45) is 5.10 Å². The van der Waals surface area contributed by atoms with E-state index in [-0.39, 0.29) is 23.1 Å². The van der Waals surface area contributed by atoms with E-state index >= 15 is 0 Å². The van der Waals surface area contributed by atoms with Gasteiger partial charge in [0.1, 0.15) is 18.1 Å². The average molecular weight is 585 g/mol. The minimum absolute atomic E-state index is 0.0917. The molecule has 0 spiro atoms. The number of carbonyl (C=O) groups excluding carboxylic acids is 2. The zero-order valence-corrected chi connectivity index (χ0v) is 22.6. The van der Waals surface area contributed by atoms with Crippen molar-refractivity contribution in [2.75, 3.05) is 0 Å². The van der Waals surface area contributed by atoms with Crippen molar-refractivity contribution < 1.29 is 23.5 Å². The zero-order chi connectivity index (χ0) is 26.5. The Hall–Kier alpha value is -3.82. The number of esters is 1. The molecule has 10 heteroatoms. The average Bonchev–Trinajstić information content (AvgIpc) is 3.46. The maximum atomic E-state index is 12.4. The van der Waals surface area contributed by atoms with Gasteiger partial charge in [0, 0.05) is 24.0 Å². The minimum Gasteiger partial charge on any atom is -0.486 e. The van der Waals surface area contributed by atoms with Crippen LogP contribution in [-0.2, 0) is 11.4 Å². The van der Waals surface area contributed by atoms with Crippen LogP contribution in [0.4, 0.5) is 0 Å². The van der Waals surface area contributed by atoms with E-state index in [0.717, 1.165) is 17.1 Å². The molecule has 0 saturated heterocycles. The van der Waals surface area contributed by atoms with Gasteiger partial charge in [-0.05, 0) is 96.0 Å². The lowest BCUT2D eigenvalue weighted by molar-refractivity contribution is -0.131. The summed E-state index contributed by atoms with van der Waals surface area (Å²) in [5.74, 6) is 0.466. The third-order valence-corrected chi connectivity index (χ3v) is 6.15. The molecular weight excluding hydrogens is 562 g/mol. The molecule has 0 aliphatic heterocycles. The molecule has 2 aromatic heterocycles. The maximum Gasteiger partial charge on any atom is 0.308 e. The normalized spacial score (nSPS) is 11.1. The number of ether oxygens (including phenoxy) is 2. The highest BCUT2D eigenvalue weighted by Gasteiger charge is 2.13. The number of hydrogen-bond donors (Lipinski definition) is 1. The molecule has 1 N–H and O–H groups in total. The minimum atomic E-state index is -0.522. The van der Waals surface area contributed by atoms with Gasteiger partial charge >= 0.3 is 11.9 Å². The largest absolute Gasteiger partial charge is 0.486 e. The highest BCUT2D eigenvalue weighted by Crippen LogP contribution is 2.34. The second-order valence-corrected chi connectivity index (χ2v) is 9.37. The molecular formula is C27H23BrClN3O5. The Balaban J connectivity index is 1.31. The van der Waals surface area contributed by atoms with E-state index in [4.69, 9.17) is 25.5 Å². The van der Waals surface area contributed by atoms with Crippen LogP contribution in [-0.4, -0.2) is 22.7 Å². The molecule has 0 aliphatic rings. The zero-order valence-electron chi connectivity index (χ0n) is 20.2. The van der Waals surface area contributed by atoms with Crippen LogP contribution >= 0.6 is 27.5 Å². The van der Waals surface area contributed by atoms with Gasteiger partial charge in [-0.3, -0.25) is 9.59 Å². The Morgan fingerprint density at radius 1 is 1.08 bits per heavy atom. The molecule has 1 amide bonds. The van der Waals surface area contributed by atoms with Crippen LogP contribution in [0.15, 0.2) is 74.7 Å². The number of aromatic nitrogens is 1. The Morgan fingerprint density at radius 3 is 2.43 bits per heavy atom. The summed E-state index contributed by atoms with van der Waals surface area (Å²) in [5, 5.41) is 4.15. The van der Waals surface area contributed by atoms with Crippen molar-refractivity contribution >= 4 is 45.6 Å². The molecule has 8 nitrogen and oxygen atoms in total. The fraction of sp³-hybridized carbons (Fsp3) is 0.148. The third-order valence-electron chi connectivity index (χ3n) is 5.28. The van der Waals surface area contributed by atoms with Gasteiger partial charge in [-0.2, -0.15) is 5.10 Å². The Morgan fingerprint density at radius 2 is 1.78 bits per heavy atom. The summed E-state index contributed by atoms with van der Waals surface area (Å²) >= 11 is 9.45. The van der Waals surface area contributed by atoms with Crippen LogP contribution in [0.3, 0.4) is 0 Å². The highest BCUT2D eigenvalue weighted by atomic mass is 79.9. The van der Waals surface area contributed by atoms with Gasteiger partial charge < -0.3 is 18.5 Å². The number of rotatable bonds is 8. The van der Waals surface area contributed by atoms with E-state index < -0.39 is 11.9 Å².